The number of rotatable bonds is 7. The highest BCUT2D eigenvalue weighted by Crippen LogP contribution is 2.28. The van der Waals surface area contributed by atoms with Crippen molar-refractivity contribution in [2.75, 3.05) is 17.7 Å². The van der Waals surface area contributed by atoms with Crippen LogP contribution in [0.15, 0.2) is 55.0 Å². The summed E-state index contributed by atoms with van der Waals surface area (Å²) in [5, 5.41) is 13.7. The fourth-order valence-corrected chi connectivity index (χ4v) is 3.63. The number of nitrogen functional groups attached to an aromatic ring is 1. The molecule has 3 aromatic heterocycles. The van der Waals surface area contributed by atoms with Crippen molar-refractivity contribution in [1.29, 1.82) is 0 Å². The zero-order valence-electron chi connectivity index (χ0n) is 18.6. The molecule has 4 aromatic rings. The lowest BCUT2D eigenvalue weighted by Crippen LogP contribution is -2.30. The third-order valence-electron chi connectivity index (χ3n) is 5.40. The molecule has 0 unspecified atom stereocenters. The van der Waals surface area contributed by atoms with Gasteiger partial charge in [0, 0.05) is 34.7 Å². The van der Waals surface area contributed by atoms with Crippen molar-refractivity contribution in [3.63, 3.8) is 0 Å². The van der Waals surface area contributed by atoms with Crippen LogP contribution in [-0.2, 0) is 16.8 Å². The van der Waals surface area contributed by atoms with Gasteiger partial charge in [-0.05, 0) is 43.7 Å². The zero-order valence-corrected chi connectivity index (χ0v) is 19.4. The lowest BCUT2D eigenvalue weighted by Gasteiger charge is -2.24. The van der Waals surface area contributed by atoms with E-state index >= 15 is 0 Å². The van der Waals surface area contributed by atoms with Crippen LogP contribution in [0.5, 0.6) is 0 Å². The van der Waals surface area contributed by atoms with Crippen LogP contribution in [0.2, 0.25) is 5.02 Å². The molecule has 1 amide bonds. The summed E-state index contributed by atoms with van der Waals surface area (Å²) in [6, 6.07) is 10.1. The van der Waals surface area contributed by atoms with Crippen LogP contribution < -0.4 is 11.1 Å². The van der Waals surface area contributed by atoms with Gasteiger partial charge in [-0.3, -0.25) is 14.6 Å². The van der Waals surface area contributed by atoms with E-state index in [1.807, 2.05) is 13.8 Å². The maximum Gasteiger partial charge on any atom is 0.228 e. The lowest BCUT2D eigenvalue weighted by atomic mass is 10.1. The SMILES string of the molecule is CC(C)(CO)n1cc(C(=O)c2cc(NC(=O)Cc3ccc(Cl)cc3)ccn2)c2cnc(N)nc21. The van der Waals surface area contributed by atoms with E-state index < -0.39 is 5.54 Å². The van der Waals surface area contributed by atoms with Gasteiger partial charge in [0.1, 0.15) is 11.3 Å². The normalized spacial score (nSPS) is 11.5. The Morgan fingerprint density at radius 3 is 2.62 bits per heavy atom. The number of fused-ring (bicyclic) bond motifs is 1. The van der Waals surface area contributed by atoms with E-state index in [4.69, 9.17) is 17.3 Å². The summed E-state index contributed by atoms with van der Waals surface area (Å²) in [4.78, 5) is 38.3. The van der Waals surface area contributed by atoms with E-state index in [1.165, 1.54) is 18.5 Å². The van der Waals surface area contributed by atoms with Crippen LogP contribution in [-0.4, -0.2) is 42.9 Å². The number of anilines is 2. The molecule has 10 heteroatoms. The molecular formula is C24H23ClN6O3. The molecule has 0 saturated heterocycles. The Bertz CT molecular complexity index is 1380. The smallest absolute Gasteiger partial charge is 0.228 e. The molecule has 0 radical (unpaired) electrons. The molecule has 174 valence electrons. The van der Waals surface area contributed by atoms with E-state index in [1.54, 1.807) is 41.1 Å². The summed E-state index contributed by atoms with van der Waals surface area (Å²) in [6.45, 7) is 3.45. The minimum Gasteiger partial charge on any atom is -0.394 e. The third-order valence-corrected chi connectivity index (χ3v) is 5.65. The molecule has 9 nitrogen and oxygen atoms in total. The van der Waals surface area contributed by atoms with Gasteiger partial charge in [-0.2, -0.15) is 4.98 Å². The van der Waals surface area contributed by atoms with Gasteiger partial charge >= 0.3 is 0 Å². The highest BCUT2D eigenvalue weighted by molar-refractivity contribution is 6.30. The molecular weight excluding hydrogens is 456 g/mol. The van der Waals surface area contributed by atoms with Gasteiger partial charge in [0.15, 0.2) is 0 Å². The van der Waals surface area contributed by atoms with Crippen molar-refractivity contribution in [2.24, 2.45) is 0 Å². The van der Waals surface area contributed by atoms with Gasteiger partial charge in [0.05, 0.1) is 24.1 Å². The first kappa shape index (κ1) is 23.3. The number of pyridine rings is 1. The molecule has 0 saturated carbocycles. The van der Waals surface area contributed by atoms with Crippen molar-refractivity contribution >= 4 is 46.0 Å². The number of nitrogens with one attached hydrogen (secondary N) is 1. The van der Waals surface area contributed by atoms with Gasteiger partial charge in [0.2, 0.25) is 17.6 Å². The van der Waals surface area contributed by atoms with Crippen molar-refractivity contribution < 1.29 is 14.7 Å². The Morgan fingerprint density at radius 2 is 1.91 bits per heavy atom. The lowest BCUT2D eigenvalue weighted by molar-refractivity contribution is -0.115. The molecule has 34 heavy (non-hydrogen) atoms. The minimum atomic E-state index is -0.734. The summed E-state index contributed by atoms with van der Waals surface area (Å²) < 4.78 is 1.70. The summed E-state index contributed by atoms with van der Waals surface area (Å²) in [5.41, 5.74) is 7.17. The summed E-state index contributed by atoms with van der Waals surface area (Å²) in [7, 11) is 0. The monoisotopic (exact) mass is 478 g/mol. The first-order valence-corrected chi connectivity index (χ1v) is 10.9. The standard InChI is InChI=1S/C24H23ClN6O3/c1-24(2,13-32)31-12-18(17-11-28-23(26)30-22(17)31)21(34)19-10-16(7-8-27-19)29-20(33)9-14-3-5-15(25)6-4-14/h3-8,10-12,32H,9,13H2,1-2H3,(H2,26,28,30)(H,27,29,33). The average molecular weight is 479 g/mol. The Labute approximate surface area is 200 Å². The molecule has 4 N–H and O–H groups in total. The van der Waals surface area contributed by atoms with Crippen molar-refractivity contribution in [1.82, 2.24) is 19.5 Å². The number of aliphatic hydroxyl groups is 1. The number of benzene rings is 1. The number of nitrogens with two attached hydrogens (primary N) is 1. The van der Waals surface area contributed by atoms with Crippen LogP contribution >= 0.6 is 11.6 Å². The zero-order chi connectivity index (χ0) is 24.5. The maximum absolute atomic E-state index is 13.4. The van der Waals surface area contributed by atoms with Crippen LogP contribution in [0.4, 0.5) is 11.6 Å². The minimum absolute atomic E-state index is 0.0584. The number of aliphatic hydroxyl groups excluding tert-OH is 1. The number of aromatic nitrogens is 4. The van der Waals surface area contributed by atoms with Crippen molar-refractivity contribution in [3.05, 3.63) is 76.8 Å². The molecule has 0 bridgehead atoms. The quantitative estimate of drug-likeness (QED) is 0.347. The predicted octanol–water partition coefficient (Wildman–Crippen LogP) is 3.20. The number of carbonyl (C=O) groups is 2. The Balaban J connectivity index is 1.62. The van der Waals surface area contributed by atoms with Crippen molar-refractivity contribution in [2.45, 2.75) is 25.8 Å². The fraction of sp³-hybridized carbons (Fsp3) is 0.208. The number of carbonyl (C=O) groups excluding carboxylic acids is 2. The number of amides is 1. The number of ketones is 1. The summed E-state index contributed by atoms with van der Waals surface area (Å²) in [5.74, 6) is -0.556. The third kappa shape index (κ3) is 4.75. The van der Waals surface area contributed by atoms with Crippen LogP contribution in [0.1, 0.15) is 35.5 Å². The van der Waals surface area contributed by atoms with Gasteiger partial charge in [-0.1, -0.05) is 23.7 Å². The predicted molar refractivity (Wildman–Crippen MR) is 130 cm³/mol. The Morgan fingerprint density at radius 1 is 1.18 bits per heavy atom. The average Bonchev–Trinajstić information content (AvgIpc) is 3.19. The molecule has 0 spiro atoms. The molecule has 0 fully saturated rings. The highest BCUT2D eigenvalue weighted by Gasteiger charge is 2.27. The van der Waals surface area contributed by atoms with E-state index in [2.05, 4.69) is 20.3 Å². The molecule has 0 atom stereocenters. The molecule has 0 aliphatic heterocycles. The van der Waals surface area contributed by atoms with E-state index in [9.17, 15) is 14.7 Å². The largest absolute Gasteiger partial charge is 0.394 e. The summed E-state index contributed by atoms with van der Waals surface area (Å²) >= 11 is 5.89. The van der Waals surface area contributed by atoms with Gasteiger partial charge < -0.3 is 20.7 Å². The molecule has 3 heterocycles. The fourth-order valence-electron chi connectivity index (χ4n) is 3.50. The van der Waals surface area contributed by atoms with E-state index in [-0.39, 0.29) is 36.4 Å². The van der Waals surface area contributed by atoms with Crippen LogP contribution in [0, 0.1) is 0 Å². The first-order valence-electron chi connectivity index (χ1n) is 10.5. The van der Waals surface area contributed by atoms with E-state index in [0.29, 0.717) is 27.3 Å². The Kier molecular flexibility index (Phi) is 6.32. The van der Waals surface area contributed by atoms with Gasteiger partial charge in [0.25, 0.3) is 0 Å². The van der Waals surface area contributed by atoms with Crippen molar-refractivity contribution in [3.8, 4) is 0 Å². The second-order valence-electron chi connectivity index (χ2n) is 8.46. The molecule has 4 rings (SSSR count). The van der Waals surface area contributed by atoms with Gasteiger partial charge in [-0.25, -0.2) is 4.98 Å². The number of nitrogens with zero attached hydrogens (tertiary/aromatic N) is 4. The second kappa shape index (κ2) is 9.20. The molecule has 0 aliphatic carbocycles. The Hall–Kier alpha value is -3.82. The number of hydrogen-bond acceptors (Lipinski definition) is 7. The summed E-state index contributed by atoms with van der Waals surface area (Å²) in [6.07, 6.45) is 4.71. The van der Waals surface area contributed by atoms with Crippen LogP contribution in [0.3, 0.4) is 0 Å². The van der Waals surface area contributed by atoms with E-state index in [0.717, 1.165) is 5.56 Å². The van der Waals surface area contributed by atoms with Crippen LogP contribution in [0.25, 0.3) is 11.0 Å². The van der Waals surface area contributed by atoms with Gasteiger partial charge in [-0.15, -0.1) is 0 Å². The maximum atomic E-state index is 13.4. The first-order chi connectivity index (χ1) is 16.2. The number of halogens is 1. The number of hydrogen-bond donors (Lipinski definition) is 3. The second-order valence-corrected chi connectivity index (χ2v) is 8.90. The molecule has 0 aliphatic rings. The highest BCUT2D eigenvalue weighted by atomic mass is 35.5. The topological polar surface area (TPSA) is 136 Å². The molecule has 1 aromatic carbocycles.